The summed E-state index contributed by atoms with van der Waals surface area (Å²) < 4.78 is 0. The van der Waals surface area contributed by atoms with Gasteiger partial charge >= 0.3 is 5.69 Å². The Hall–Kier alpha value is -2.93. The molecule has 0 radical (unpaired) electrons. The lowest BCUT2D eigenvalue weighted by molar-refractivity contribution is -0.385. The van der Waals surface area contributed by atoms with Crippen LogP contribution >= 0.6 is 11.6 Å². The largest absolute Gasteiger partial charge is 0.502 e. The van der Waals surface area contributed by atoms with Crippen molar-refractivity contribution in [2.75, 3.05) is 0 Å². The third-order valence-electron chi connectivity index (χ3n) is 3.03. The molecule has 0 fully saturated rings. The van der Waals surface area contributed by atoms with Gasteiger partial charge in [0.25, 0.3) is 5.91 Å². The number of phenolic OH excluding ortho intramolecular Hbond substituents is 1. The molecule has 23 heavy (non-hydrogen) atoms. The van der Waals surface area contributed by atoms with Gasteiger partial charge in [-0.25, -0.2) is 5.43 Å². The van der Waals surface area contributed by atoms with E-state index in [0.29, 0.717) is 10.6 Å². The number of nitrogens with one attached hydrogen (secondary N) is 1. The van der Waals surface area contributed by atoms with Crippen molar-refractivity contribution in [3.63, 3.8) is 0 Å². The minimum absolute atomic E-state index is 0.163. The molecule has 0 aromatic heterocycles. The smallest absolute Gasteiger partial charge is 0.311 e. The third-order valence-corrected chi connectivity index (χ3v) is 3.28. The maximum atomic E-state index is 11.9. The van der Waals surface area contributed by atoms with Crippen molar-refractivity contribution in [3.8, 4) is 5.75 Å². The van der Waals surface area contributed by atoms with E-state index >= 15 is 0 Å². The number of nitro benzene ring substituents is 1. The number of carbonyl (C=O) groups excluding carboxylic acids is 1. The Balaban J connectivity index is 2.20. The van der Waals surface area contributed by atoms with Crippen LogP contribution in [0.1, 0.15) is 22.8 Å². The van der Waals surface area contributed by atoms with Crippen LogP contribution in [0.15, 0.2) is 47.6 Å². The Kier molecular flexibility index (Phi) is 4.92. The Morgan fingerprint density at radius 1 is 1.26 bits per heavy atom. The first-order chi connectivity index (χ1) is 10.9. The van der Waals surface area contributed by atoms with Crippen molar-refractivity contribution < 1.29 is 14.8 Å². The normalized spacial score (nSPS) is 11.1. The molecule has 118 valence electrons. The first kappa shape index (κ1) is 16.4. The van der Waals surface area contributed by atoms with Crippen LogP contribution < -0.4 is 5.43 Å². The number of phenols is 1. The molecule has 0 aliphatic heterocycles. The van der Waals surface area contributed by atoms with Crippen LogP contribution in [0.3, 0.4) is 0 Å². The van der Waals surface area contributed by atoms with E-state index in [1.807, 2.05) is 0 Å². The van der Waals surface area contributed by atoms with Gasteiger partial charge in [0.05, 0.1) is 10.6 Å². The van der Waals surface area contributed by atoms with Gasteiger partial charge in [-0.15, -0.1) is 0 Å². The van der Waals surface area contributed by atoms with Crippen LogP contribution in [-0.4, -0.2) is 21.6 Å². The maximum absolute atomic E-state index is 11.9. The highest BCUT2D eigenvalue weighted by Gasteiger charge is 2.18. The Morgan fingerprint density at radius 2 is 1.91 bits per heavy atom. The molecule has 0 saturated carbocycles. The van der Waals surface area contributed by atoms with Gasteiger partial charge < -0.3 is 5.11 Å². The molecule has 0 unspecified atom stereocenters. The van der Waals surface area contributed by atoms with Crippen molar-refractivity contribution >= 4 is 28.9 Å². The minimum Gasteiger partial charge on any atom is -0.502 e. The average Bonchev–Trinajstić information content (AvgIpc) is 2.53. The molecule has 7 nitrogen and oxygen atoms in total. The standard InChI is InChI=1S/C15H12ClN3O4/c1-9(12-3-2-4-13(14(12)20)19(22)23)17-18-15(21)10-5-7-11(16)8-6-10/h2-8,20H,1H3,(H,18,21). The summed E-state index contributed by atoms with van der Waals surface area (Å²) in [5.74, 6) is -0.967. The predicted molar refractivity (Wildman–Crippen MR) is 85.9 cm³/mol. The van der Waals surface area contributed by atoms with Gasteiger partial charge in [-0.3, -0.25) is 14.9 Å². The zero-order chi connectivity index (χ0) is 17.0. The molecule has 8 heteroatoms. The highest BCUT2D eigenvalue weighted by molar-refractivity contribution is 6.30. The SMILES string of the molecule is CC(=NNC(=O)c1ccc(Cl)cc1)c1cccc([N+](=O)[O-])c1O. The van der Waals surface area contributed by atoms with Gasteiger partial charge in [0.2, 0.25) is 5.75 Å². The van der Waals surface area contributed by atoms with Gasteiger partial charge in [0.15, 0.2) is 0 Å². The number of nitro groups is 1. The first-order valence-electron chi connectivity index (χ1n) is 6.47. The molecule has 0 bridgehead atoms. The molecule has 0 heterocycles. The Labute approximate surface area is 136 Å². The van der Waals surface area contributed by atoms with Crippen molar-refractivity contribution in [1.29, 1.82) is 0 Å². The minimum atomic E-state index is -0.696. The number of hydrazone groups is 1. The molecule has 0 atom stereocenters. The number of para-hydroxylation sites is 1. The summed E-state index contributed by atoms with van der Waals surface area (Å²) in [7, 11) is 0. The molecule has 0 saturated heterocycles. The van der Waals surface area contributed by atoms with Crippen molar-refractivity contribution in [3.05, 3.63) is 68.7 Å². The zero-order valence-corrected chi connectivity index (χ0v) is 12.7. The Bertz CT molecular complexity index is 788. The molecule has 0 spiro atoms. The number of benzene rings is 2. The fraction of sp³-hybridized carbons (Fsp3) is 0.0667. The maximum Gasteiger partial charge on any atom is 0.311 e. The summed E-state index contributed by atoms with van der Waals surface area (Å²) in [6.07, 6.45) is 0. The number of hydrogen-bond donors (Lipinski definition) is 2. The molecule has 2 aromatic carbocycles. The van der Waals surface area contributed by atoms with Gasteiger partial charge in [0, 0.05) is 22.2 Å². The summed E-state index contributed by atoms with van der Waals surface area (Å²) >= 11 is 5.74. The number of nitrogens with zero attached hydrogens (tertiary/aromatic N) is 2. The molecule has 0 aliphatic carbocycles. The van der Waals surface area contributed by atoms with E-state index in [0.717, 1.165) is 0 Å². The number of aromatic hydroxyl groups is 1. The van der Waals surface area contributed by atoms with Gasteiger partial charge in [-0.2, -0.15) is 5.10 Å². The predicted octanol–water partition coefficient (Wildman–Crippen LogP) is 3.11. The number of halogens is 1. The van der Waals surface area contributed by atoms with Crippen LogP contribution in [0.25, 0.3) is 0 Å². The number of hydrogen-bond acceptors (Lipinski definition) is 5. The summed E-state index contributed by atoms with van der Waals surface area (Å²) in [4.78, 5) is 22.0. The van der Waals surface area contributed by atoms with E-state index in [1.165, 1.54) is 37.3 Å². The van der Waals surface area contributed by atoms with E-state index < -0.39 is 22.3 Å². The van der Waals surface area contributed by atoms with Crippen molar-refractivity contribution in [2.45, 2.75) is 6.92 Å². The lowest BCUT2D eigenvalue weighted by atomic mass is 10.1. The highest BCUT2D eigenvalue weighted by Crippen LogP contribution is 2.29. The molecule has 1 amide bonds. The summed E-state index contributed by atoms with van der Waals surface area (Å²) in [6.45, 7) is 1.51. The van der Waals surface area contributed by atoms with Crippen LogP contribution in [0.2, 0.25) is 5.02 Å². The second kappa shape index (κ2) is 6.89. The van der Waals surface area contributed by atoms with Crippen molar-refractivity contribution in [1.82, 2.24) is 5.43 Å². The van der Waals surface area contributed by atoms with Crippen molar-refractivity contribution in [2.24, 2.45) is 5.10 Å². The van der Waals surface area contributed by atoms with Gasteiger partial charge in [0.1, 0.15) is 0 Å². The number of carbonyl (C=O) groups is 1. The van der Waals surface area contributed by atoms with Gasteiger partial charge in [-0.05, 0) is 37.3 Å². The second-order valence-electron chi connectivity index (χ2n) is 4.58. The molecule has 2 rings (SSSR count). The average molecular weight is 334 g/mol. The first-order valence-corrected chi connectivity index (χ1v) is 6.85. The monoisotopic (exact) mass is 333 g/mol. The van der Waals surface area contributed by atoms with Crippen LogP contribution in [0, 0.1) is 10.1 Å². The highest BCUT2D eigenvalue weighted by atomic mass is 35.5. The quantitative estimate of drug-likeness (QED) is 0.509. The van der Waals surface area contributed by atoms with E-state index in [9.17, 15) is 20.0 Å². The number of amides is 1. The molecular formula is C15H12ClN3O4. The van der Waals surface area contributed by atoms with E-state index in [4.69, 9.17) is 11.6 Å². The molecule has 2 N–H and O–H groups in total. The van der Waals surface area contributed by atoms with Crippen LogP contribution in [0.4, 0.5) is 5.69 Å². The van der Waals surface area contributed by atoms with E-state index in [1.54, 1.807) is 12.1 Å². The van der Waals surface area contributed by atoms with Gasteiger partial charge in [-0.1, -0.05) is 17.7 Å². The lowest BCUT2D eigenvalue weighted by Crippen LogP contribution is -2.19. The lowest BCUT2D eigenvalue weighted by Gasteiger charge is -2.05. The summed E-state index contributed by atoms with van der Waals surface area (Å²) in [5, 5.41) is 25.1. The number of rotatable bonds is 4. The molecular weight excluding hydrogens is 322 g/mol. The van der Waals surface area contributed by atoms with E-state index in [2.05, 4.69) is 10.5 Å². The fourth-order valence-electron chi connectivity index (χ4n) is 1.83. The van der Waals surface area contributed by atoms with E-state index in [-0.39, 0.29) is 11.3 Å². The second-order valence-corrected chi connectivity index (χ2v) is 5.01. The topological polar surface area (TPSA) is 105 Å². The summed E-state index contributed by atoms with van der Waals surface area (Å²) in [5.41, 5.74) is 2.64. The third kappa shape index (κ3) is 3.83. The molecule has 2 aromatic rings. The zero-order valence-electron chi connectivity index (χ0n) is 12.0. The molecule has 0 aliphatic rings. The van der Waals surface area contributed by atoms with Crippen LogP contribution in [0.5, 0.6) is 5.75 Å². The van der Waals surface area contributed by atoms with Crippen LogP contribution in [-0.2, 0) is 0 Å². The summed E-state index contributed by atoms with van der Waals surface area (Å²) in [6, 6.07) is 10.3. The fourth-order valence-corrected chi connectivity index (χ4v) is 1.96. The Morgan fingerprint density at radius 3 is 2.52 bits per heavy atom.